The minimum atomic E-state index is -1.04. The van der Waals surface area contributed by atoms with E-state index in [4.69, 9.17) is 21.4 Å². The number of hydrogen-bond acceptors (Lipinski definition) is 3. The third kappa shape index (κ3) is 3.52. The lowest BCUT2D eigenvalue weighted by atomic mass is 9.73. The number of carbonyl (C=O) groups is 2. The van der Waals surface area contributed by atoms with E-state index in [1.807, 2.05) is 18.2 Å². The lowest BCUT2D eigenvalue weighted by Crippen LogP contribution is -2.45. The van der Waals surface area contributed by atoms with Crippen LogP contribution in [0.3, 0.4) is 0 Å². The van der Waals surface area contributed by atoms with Gasteiger partial charge in [0.05, 0.1) is 11.0 Å². The molecule has 0 aliphatic carbocycles. The van der Waals surface area contributed by atoms with Crippen molar-refractivity contribution in [1.82, 2.24) is 0 Å². The summed E-state index contributed by atoms with van der Waals surface area (Å²) in [5.74, 6) is -1.24. The van der Waals surface area contributed by atoms with Crippen molar-refractivity contribution in [2.75, 3.05) is 18.5 Å². The van der Waals surface area contributed by atoms with Gasteiger partial charge in [-0.15, -0.1) is 0 Å². The number of aromatic carboxylic acids is 1. The molecule has 1 heterocycles. The van der Waals surface area contributed by atoms with Crippen molar-refractivity contribution in [1.29, 1.82) is 0 Å². The summed E-state index contributed by atoms with van der Waals surface area (Å²) in [5.41, 5.74) is 0.543. The first-order valence-electron chi connectivity index (χ1n) is 8.00. The molecule has 0 unspecified atom stereocenters. The van der Waals surface area contributed by atoms with Gasteiger partial charge in [0.2, 0.25) is 5.91 Å². The molecule has 5 nitrogen and oxygen atoms in total. The van der Waals surface area contributed by atoms with Crippen molar-refractivity contribution in [3.63, 3.8) is 0 Å². The van der Waals surface area contributed by atoms with E-state index in [0.717, 1.165) is 5.56 Å². The van der Waals surface area contributed by atoms with Crippen LogP contribution in [-0.4, -0.2) is 30.2 Å². The van der Waals surface area contributed by atoms with Crippen LogP contribution in [0.2, 0.25) is 5.02 Å². The number of amides is 1. The zero-order chi connectivity index (χ0) is 17.9. The van der Waals surface area contributed by atoms with Gasteiger partial charge < -0.3 is 15.2 Å². The second kappa shape index (κ2) is 7.25. The SMILES string of the molecule is O=C(O)c1cccc(NC(=O)C2(c3ccccc3Cl)CCOCC2)c1. The predicted molar refractivity (Wildman–Crippen MR) is 95.2 cm³/mol. The van der Waals surface area contributed by atoms with Gasteiger partial charge in [0, 0.05) is 23.9 Å². The van der Waals surface area contributed by atoms with E-state index in [9.17, 15) is 9.59 Å². The molecule has 0 atom stereocenters. The molecular weight excluding hydrogens is 342 g/mol. The normalized spacial score (nSPS) is 16.2. The van der Waals surface area contributed by atoms with Crippen molar-refractivity contribution in [2.24, 2.45) is 0 Å². The highest BCUT2D eigenvalue weighted by Gasteiger charge is 2.43. The Hall–Kier alpha value is -2.37. The number of carbonyl (C=O) groups excluding carboxylic acids is 1. The quantitative estimate of drug-likeness (QED) is 0.872. The van der Waals surface area contributed by atoms with Crippen LogP contribution >= 0.6 is 11.6 Å². The molecule has 0 saturated carbocycles. The van der Waals surface area contributed by atoms with Crippen molar-refractivity contribution >= 4 is 29.2 Å². The number of ether oxygens (including phenoxy) is 1. The number of nitrogens with one attached hydrogen (secondary N) is 1. The van der Waals surface area contributed by atoms with Crippen LogP contribution in [-0.2, 0) is 14.9 Å². The molecule has 2 aromatic carbocycles. The fraction of sp³-hybridized carbons (Fsp3) is 0.263. The molecule has 0 radical (unpaired) electrons. The van der Waals surface area contributed by atoms with Gasteiger partial charge in [-0.3, -0.25) is 4.79 Å². The smallest absolute Gasteiger partial charge is 0.335 e. The molecule has 130 valence electrons. The van der Waals surface area contributed by atoms with Crippen molar-refractivity contribution in [3.05, 3.63) is 64.7 Å². The monoisotopic (exact) mass is 359 g/mol. The zero-order valence-corrected chi connectivity index (χ0v) is 14.3. The second-order valence-electron chi connectivity index (χ2n) is 6.01. The summed E-state index contributed by atoms with van der Waals surface area (Å²) in [5, 5.41) is 12.5. The maximum atomic E-state index is 13.2. The topological polar surface area (TPSA) is 75.6 Å². The third-order valence-corrected chi connectivity index (χ3v) is 4.87. The van der Waals surface area contributed by atoms with E-state index < -0.39 is 11.4 Å². The summed E-state index contributed by atoms with van der Waals surface area (Å²) in [4.78, 5) is 24.3. The summed E-state index contributed by atoms with van der Waals surface area (Å²) in [7, 11) is 0. The van der Waals surface area contributed by atoms with Gasteiger partial charge in [0.25, 0.3) is 0 Å². The lowest BCUT2D eigenvalue weighted by molar-refractivity contribution is -0.125. The Balaban J connectivity index is 1.94. The number of benzene rings is 2. The molecule has 1 aliphatic heterocycles. The van der Waals surface area contributed by atoms with Gasteiger partial charge in [-0.05, 0) is 42.7 Å². The van der Waals surface area contributed by atoms with Crippen LogP contribution in [0.1, 0.15) is 28.8 Å². The molecule has 3 rings (SSSR count). The van der Waals surface area contributed by atoms with Crippen LogP contribution in [0.5, 0.6) is 0 Å². The van der Waals surface area contributed by atoms with Gasteiger partial charge in [0.15, 0.2) is 0 Å². The van der Waals surface area contributed by atoms with Gasteiger partial charge in [-0.25, -0.2) is 4.79 Å². The molecule has 2 N–H and O–H groups in total. The minimum absolute atomic E-state index is 0.122. The molecule has 1 fully saturated rings. The molecule has 2 aromatic rings. The summed E-state index contributed by atoms with van der Waals surface area (Å²) < 4.78 is 5.44. The van der Waals surface area contributed by atoms with E-state index in [1.165, 1.54) is 12.1 Å². The number of halogens is 1. The maximum absolute atomic E-state index is 13.2. The van der Waals surface area contributed by atoms with E-state index in [-0.39, 0.29) is 11.5 Å². The van der Waals surface area contributed by atoms with Crippen LogP contribution in [0.15, 0.2) is 48.5 Å². The molecule has 6 heteroatoms. The lowest BCUT2D eigenvalue weighted by Gasteiger charge is -2.36. The van der Waals surface area contributed by atoms with E-state index in [2.05, 4.69) is 5.32 Å². The highest BCUT2D eigenvalue weighted by atomic mass is 35.5. The third-order valence-electron chi connectivity index (χ3n) is 4.54. The Labute approximate surface area is 150 Å². The molecule has 0 aromatic heterocycles. The highest BCUT2D eigenvalue weighted by Crippen LogP contribution is 2.39. The first-order chi connectivity index (χ1) is 12.0. The molecule has 0 bridgehead atoms. The van der Waals surface area contributed by atoms with Crippen LogP contribution in [0, 0.1) is 0 Å². The van der Waals surface area contributed by atoms with Gasteiger partial charge >= 0.3 is 5.97 Å². The highest BCUT2D eigenvalue weighted by molar-refractivity contribution is 6.31. The Bertz CT molecular complexity index is 800. The second-order valence-corrected chi connectivity index (χ2v) is 6.42. The number of rotatable bonds is 4. The first-order valence-corrected chi connectivity index (χ1v) is 8.38. The molecule has 1 aliphatic rings. The fourth-order valence-corrected chi connectivity index (χ4v) is 3.49. The van der Waals surface area contributed by atoms with Crippen LogP contribution in [0.4, 0.5) is 5.69 Å². The summed E-state index contributed by atoms with van der Waals surface area (Å²) in [6.07, 6.45) is 1.03. The first kappa shape index (κ1) is 17.5. The van der Waals surface area contributed by atoms with E-state index in [0.29, 0.717) is 36.8 Å². The van der Waals surface area contributed by atoms with E-state index in [1.54, 1.807) is 18.2 Å². The summed E-state index contributed by atoms with van der Waals surface area (Å²) >= 11 is 6.36. The minimum Gasteiger partial charge on any atom is -0.478 e. The number of anilines is 1. The van der Waals surface area contributed by atoms with Gasteiger partial charge in [0.1, 0.15) is 0 Å². The predicted octanol–water partition coefficient (Wildman–Crippen LogP) is 3.73. The number of carboxylic acid groups (broad SMARTS) is 1. The Kier molecular flexibility index (Phi) is 5.06. The molecule has 25 heavy (non-hydrogen) atoms. The largest absolute Gasteiger partial charge is 0.478 e. The molecular formula is C19H18ClNO4. The molecule has 1 amide bonds. The summed E-state index contributed by atoms with van der Waals surface area (Å²) in [6, 6.07) is 13.5. The van der Waals surface area contributed by atoms with Crippen molar-refractivity contribution in [3.8, 4) is 0 Å². The Morgan fingerprint density at radius 1 is 1.08 bits per heavy atom. The average Bonchev–Trinajstić information content (AvgIpc) is 2.63. The summed E-state index contributed by atoms with van der Waals surface area (Å²) in [6.45, 7) is 0.932. The van der Waals surface area contributed by atoms with Crippen molar-refractivity contribution < 1.29 is 19.4 Å². The average molecular weight is 360 g/mol. The van der Waals surface area contributed by atoms with Crippen LogP contribution < -0.4 is 5.32 Å². The molecule has 1 saturated heterocycles. The standard InChI is InChI=1S/C19H18ClNO4/c20-16-7-2-1-6-15(16)19(8-10-25-11-9-19)18(24)21-14-5-3-4-13(12-14)17(22)23/h1-7,12H,8-11H2,(H,21,24)(H,22,23). The maximum Gasteiger partial charge on any atom is 0.335 e. The Morgan fingerprint density at radius 2 is 1.80 bits per heavy atom. The van der Waals surface area contributed by atoms with E-state index >= 15 is 0 Å². The van der Waals surface area contributed by atoms with Crippen molar-refractivity contribution in [2.45, 2.75) is 18.3 Å². The Morgan fingerprint density at radius 3 is 2.48 bits per heavy atom. The molecule has 0 spiro atoms. The number of carboxylic acids is 1. The number of hydrogen-bond donors (Lipinski definition) is 2. The van der Waals surface area contributed by atoms with Gasteiger partial charge in [-0.1, -0.05) is 35.9 Å². The fourth-order valence-electron chi connectivity index (χ4n) is 3.17. The van der Waals surface area contributed by atoms with Crippen LogP contribution in [0.25, 0.3) is 0 Å². The zero-order valence-electron chi connectivity index (χ0n) is 13.5. The van der Waals surface area contributed by atoms with Gasteiger partial charge in [-0.2, -0.15) is 0 Å².